The molecule has 0 saturated heterocycles. The van der Waals surface area contributed by atoms with Crippen LogP contribution in [0.4, 0.5) is 0 Å². The Hall–Kier alpha value is -6.78. The van der Waals surface area contributed by atoms with Crippen LogP contribution in [0.2, 0.25) is 0 Å². The van der Waals surface area contributed by atoms with Crippen LogP contribution >= 0.6 is 0 Å². The molecule has 10 aromatic rings. The van der Waals surface area contributed by atoms with E-state index in [2.05, 4.69) is 193 Å². The normalized spacial score (nSPS) is 13.2. The van der Waals surface area contributed by atoms with Crippen molar-refractivity contribution in [3.05, 3.63) is 181 Å². The van der Waals surface area contributed by atoms with Crippen molar-refractivity contribution in [3.8, 4) is 45.1 Å². The summed E-state index contributed by atoms with van der Waals surface area (Å²) in [5.41, 5.74) is 14.5. The molecule has 0 bridgehead atoms. The molecule has 11 rings (SSSR count). The Morgan fingerprint density at radius 3 is 1.92 bits per heavy atom. The van der Waals surface area contributed by atoms with E-state index in [4.69, 9.17) is 9.97 Å². The third-order valence-electron chi connectivity index (χ3n) is 11.3. The first-order valence-corrected chi connectivity index (χ1v) is 18.3. The maximum atomic E-state index is 5.43. The summed E-state index contributed by atoms with van der Waals surface area (Å²) in [6.45, 7) is 4.57. The molecule has 0 atom stereocenters. The van der Waals surface area contributed by atoms with Gasteiger partial charge in [0.15, 0.2) is 5.82 Å². The number of fused-ring (bicyclic) bond motifs is 10. The first-order chi connectivity index (χ1) is 26.1. The molecule has 0 N–H and O–H groups in total. The van der Waals surface area contributed by atoms with Gasteiger partial charge in [-0.15, -0.1) is 0 Å². The van der Waals surface area contributed by atoms with Crippen LogP contribution in [0.15, 0.2) is 170 Å². The zero-order valence-electron chi connectivity index (χ0n) is 29.5. The molecule has 1 aliphatic rings. The summed E-state index contributed by atoms with van der Waals surface area (Å²) in [5, 5.41) is 4.93. The lowest BCUT2D eigenvalue weighted by atomic mass is 9.85. The van der Waals surface area contributed by atoms with Gasteiger partial charge in [-0.2, -0.15) is 0 Å². The smallest absolute Gasteiger partial charge is 0.160 e. The molecule has 0 amide bonds. The molecule has 0 unspecified atom stereocenters. The van der Waals surface area contributed by atoms with E-state index >= 15 is 0 Å². The van der Waals surface area contributed by atoms with Gasteiger partial charge in [-0.1, -0.05) is 141 Å². The fourth-order valence-corrected chi connectivity index (χ4v) is 8.89. The van der Waals surface area contributed by atoms with Crippen molar-refractivity contribution < 1.29 is 0 Å². The third kappa shape index (κ3) is 4.24. The minimum atomic E-state index is -0.268. The molecule has 0 fully saturated rings. The number of rotatable bonds is 4. The van der Waals surface area contributed by atoms with Crippen molar-refractivity contribution in [3.63, 3.8) is 0 Å². The lowest BCUT2D eigenvalue weighted by molar-refractivity contribution is 0.636. The summed E-state index contributed by atoms with van der Waals surface area (Å²) >= 11 is 0. The largest absolute Gasteiger partial charge is 0.309 e. The quantitative estimate of drug-likeness (QED) is 0.186. The Labute approximate surface area is 307 Å². The van der Waals surface area contributed by atoms with Crippen LogP contribution in [0.5, 0.6) is 0 Å². The first-order valence-electron chi connectivity index (χ1n) is 18.3. The van der Waals surface area contributed by atoms with Crippen LogP contribution < -0.4 is 0 Å². The lowest BCUT2D eigenvalue weighted by Gasteiger charge is -2.21. The van der Waals surface area contributed by atoms with Crippen molar-refractivity contribution in [2.45, 2.75) is 19.3 Å². The Balaban J connectivity index is 1.20. The highest BCUT2D eigenvalue weighted by Crippen LogP contribution is 2.51. The first kappa shape index (κ1) is 29.9. The molecule has 0 saturated carbocycles. The molecule has 53 heavy (non-hydrogen) atoms. The number of benzene rings is 7. The van der Waals surface area contributed by atoms with Crippen molar-refractivity contribution in [2.24, 2.45) is 0 Å². The zero-order chi connectivity index (χ0) is 35.3. The number of hydrogen-bond donors (Lipinski definition) is 0. The van der Waals surface area contributed by atoms with Gasteiger partial charge in [0, 0.05) is 55.0 Å². The highest BCUT2D eigenvalue weighted by atomic mass is 15.0. The molecular weight excluding hydrogens is 645 g/mol. The molecule has 7 aromatic carbocycles. The molecule has 3 heterocycles. The Bertz CT molecular complexity index is 3080. The van der Waals surface area contributed by atoms with Gasteiger partial charge >= 0.3 is 0 Å². The lowest BCUT2D eigenvalue weighted by Crippen LogP contribution is -2.17. The standard InChI is InChI=1S/C49H34N4/c1-49(2)39-25-12-9-23-37(39)44-45(31-16-5-3-6-17-31)50-48(51-47(44)49)32-18-15-21-34(30-32)53-40-26-13-10-22-35(40)36-28-29-42-43(46(36)53)38-24-11-14-27-41(38)52(42)33-19-7-4-8-20-33/h3-30H,1-2H3. The molecule has 4 nitrogen and oxygen atoms in total. The molecule has 3 aromatic heterocycles. The van der Waals surface area contributed by atoms with E-state index in [-0.39, 0.29) is 5.41 Å². The average Bonchev–Trinajstić information content (AvgIpc) is 3.81. The number of aromatic nitrogens is 4. The molecule has 4 heteroatoms. The summed E-state index contributed by atoms with van der Waals surface area (Å²) in [4.78, 5) is 10.8. The van der Waals surface area contributed by atoms with Gasteiger partial charge in [-0.05, 0) is 53.6 Å². The fraction of sp³-hybridized carbons (Fsp3) is 0.0612. The van der Waals surface area contributed by atoms with E-state index in [0.29, 0.717) is 0 Å². The minimum Gasteiger partial charge on any atom is -0.309 e. The van der Waals surface area contributed by atoms with E-state index < -0.39 is 0 Å². The van der Waals surface area contributed by atoms with Gasteiger partial charge in [-0.25, -0.2) is 9.97 Å². The van der Waals surface area contributed by atoms with Gasteiger partial charge in [0.25, 0.3) is 0 Å². The highest BCUT2D eigenvalue weighted by Gasteiger charge is 2.39. The summed E-state index contributed by atoms with van der Waals surface area (Å²) in [5.74, 6) is 0.733. The van der Waals surface area contributed by atoms with Crippen molar-refractivity contribution >= 4 is 43.6 Å². The highest BCUT2D eigenvalue weighted by molar-refractivity contribution is 6.26. The number of nitrogens with zero attached hydrogens (tertiary/aromatic N) is 4. The number of hydrogen-bond acceptors (Lipinski definition) is 2. The Kier molecular flexibility index (Phi) is 6.27. The predicted molar refractivity (Wildman–Crippen MR) is 219 cm³/mol. The van der Waals surface area contributed by atoms with Gasteiger partial charge in [0.2, 0.25) is 0 Å². The van der Waals surface area contributed by atoms with Crippen LogP contribution in [0.25, 0.3) is 88.8 Å². The van der Waals surface area contributed by atoms with Crippen LogP contribution in [0.1, 0.15) is 25.1 Å². The monoisotopic (exact) mass is 678 g/mol. The van der Waals surface area contributed by atoms with Crippen molar-refractivity contribution in [1.29, 1.82) is 0 Å². The van der Waals surface area contributed by atoms with E-state index in [0.717, 1.165) is 45.3 Å². The van der Waals surface area contributed by atoms with E-state index in [1.165, 1.54) is 54.7 Å². The van der Waals surface area contributed by atoms with Gasteiger partial charge < -0.3 is 9.13 Å². The van der Waals surface area contributed by atoms with Crippen molar-refractivity contribution in [2.75, 3.05) is 0 Å². The van der Waals surface area contributed by atoms with E-state index in [9.17, 15) is 0 Å². The van der Waals surface area contributed by atoms with Crippen LogP contribution in [-0.4, -0.2) is 19.1 Å². The van der Waals surface area contributed by atoms with Crippen LogP contribution in [0.3, 0.4) is 0 Å². The number of para-hydroxylation sites is 3. The average molecular weight is 679 g/mol. The Morgan fingerprint density at radius 1 is 0.472 bits per heavy atom. The van der Waals surface area contributed by atoms with Gasteiger partial charge in [0.1, 0.15) is 0 Å². The zero-order valence-corrected chi connectivity index (χ0v) is 29.5. The second kappa shape index (κ2) is 11.1. The summed E-state index contributed by atoms with van der Waals surface area (Å²) in [6.07, 6.45) is 0. The van der Waals surface area contributed by atoms with Gasteiger partial charge in [-0.3, -0.25) is 0 Å². The van der Waals surface area contributed by atoms with Gasteiger partial charge in [0.05, 0.1) is 33.5 Å². The molecule has 0 radical (unpaired) electrons. The summed E-state index contributed by atoms with van der Waals surface area (Å²) in [7, 11) is 0. The maximum absolute atomic E-state index is 5.43. The summed E-state index contributed by atoms with van der Waals surface area (Å²) in [6, 6.07) is 60.9. The third-order valence-corrected chi connectivity index (χ3v) is 11.3. The SMILES string of the molecule is CC1(C)c2ccccc2-c2c(-c3ccccc3)nc(-c3cccc(-n4c5ccccc5c5ccc6c(c7ccccc7n6-c6ccccc6)c54)c3)nc21. The molecule has 0 aliphatic heterocycles. The van der Waals surface area contributed by atoms with Crippen LogP contribution in [0, 0.1) is 0 Å². The minimum absolute atomic E-state index is 0.268. The summed E-state index contributed by atoms with van der Waals surface area (Å²) < 4.78 is 4.84. The molecule has 1 aliphatic carbocycles. The maximum Gasteiger partial charge on any atom is 0.160 e. The fourth-order valence-electron chi connectivity index (χ4n) is 8.89. The molecular formula is C49H34N4. The second-order valence-corrected chi connectivity index (χ2v) is 14.6. The van der Waals surface area contributed by atoms with Crippen LogP contribution in [-0.2, 0) is 5.41 Å². The van der Waals surface area contributed by atoms with E-state index in [1.807, 2.05) is 0 Å². The molecule has 250 valence electrons. The predicted octanol–water partition coefficient (Wildman–Crippen LogP) is 12.3. The Morgan fingerprint density at radius 2 is 1.11 bits per heavy atom. The van der Waals surface area contributed by atoms with E-state index in [1.54, 1.807) is 0 Å². The topological polar surface area (TPSA) is 35.6 Å². The molecule has 0 spiro atoms. The second-order valence-electron chi connectivity index (χ2n) is 14.6. The van der Waals surface area contributed by atoms with Crippen molar-refractivity contribution in [1.82, 2.24) is 19.1 Å².